The van der Waals surface area contributed by atoms with E-state index in [4.69, 9.17) is 15.0 Å². The smallest absolute Gasteiger partial charge is 0.164 e. The second kappa shape index (κ2) is 16.2. The molecule has 0 saturated heterocycles. The lowest BCUT2D eigenvalue weighted by molar-refractivity contribution is 1.07. The van der Waals surface area contributed by atoms with Crippen molar-refractivity contribution in [3.8, 4) is 86.0 Å². The van der Waals surface area contributed by atoms with Crippen LogP contribution in [-0.4, -0.2) is 24.1 Å². The number of hydrogen-bond acceptors (Lipinski definition) is 6. The first-order chi connectivity index (χ1) is 33.6. The average Bonchev–Trinajstić information content (AvgIpc) is 3.92. The summed E-state index contributed by atoms with van der Waals surface area (Å²) in [5, 5.41) is 33.8. The van der Waals surface area contributed by atoms with Crippen LogP contribution in [0.25, 0.3) is 111 Å². The molecular formula is C60H34N8. The van der Waals surface area contributed by atoms with E-state index in [0.29, 0.717) is 34.2 Å². The second-order valence-corrected chi connectivity index (χ2v) is 16.6. The van der Waals surface area contributed by atoms with Crippen molar-refractivity contribution in [3.05, 3.63) is 223 Å². The lowest BCUT2D eigenvalue weighted by atomic mass is 9.94. The molecule has 8 heteroatoms. The Balaban J connectivity index is 1.20. The van der Waals surface area contributed by atoms with Crippen LogP contribution in [-0.2, 0) is 0 Å². The normalized spacial score (nSPS) is 11.2. The summed E-state index contributed by atoms with van der Waals surface area (Å²) in [6.45, 7) is 0. The average molecular weight is 867 g/mol. The Kier molecular flexibility index (Phi) is 9.47. The first kappa shape index (κ1) is 39.6. The van der Waals surface area contributed by atoms with Crippen molar-refractivity contribution >= 4 is 43.6 Å². The van der Waals surface area contributed by atoms with E-state index in [-0.39, 0.29) is 0 Å². The zero-order valence-electron chi connectivity index (χ0n) is 36.2. The molecule has 8 nitrogen and oxygen atoms in total. The Bertz CT molecular complexity index is 4050. The van der Waals surface area contributed by atoms with Crippen molar-refractivity contribution in [3.63, 3.8) is 0 Å². The number of hydrogen-bond donors (Lipinski definition) is 0. The molecule has 0 unspecified atom stereocenters. The van der Waals surface area contributed by atoms with Crippen molar-refractivity contribution in [2.75, 3.05) is 0 Å². The molecule has 0 saturated carbocycles. The molecule has 9 aromatic carbocycles. The third-order valence-corrected chi connectivity index (χ3v) is 12.7. The monoisotopic (exact) mass is 866 g/mol. The summed E-state index contributed by atoms with van der Waals surface area (Å²) in [7, 11) is 0. The number of nitrogens with zero attached hydrogens (tertiary/aromatic N) is 8. The van der Waals surface area contributed by atoms with E-state index in [1.165, 1.54) is 0 Å². The minimum atomic E-state index is 0.517. The van der Waals surface area contributed by atoms with Crippen LogP contribution in [0.5, 0.6) is 0 Å². The van der Waals surface area contributed by atoms with Gasteiger partial charge in [-0.1, -0.05) is 121 Å². The largest absolute Gasteiger partial charge is 0.309 e. The van der Waals surface area contributed by atoms with E-state index >= 15 is 0 Å². The van der Waals surface area contributed by atoms with Crippen LogP contribution in [0.1, 0.15) is 16.7 Å². The van der Waals surface area contributed by atoms with Crippen LogP contribution in [0.3, 0.4) is 0 Å². The van der Waals surface area contributed by atoms with Crippen LogP contribution in [0.4, 0.5) is 0 Å². The standard InChI is InChI=1S/C60H34N8/c61-35-38-19-23-41(24-20-38)44-25-27-48(57(34-44)68-53-18-10-8-16-47(53)50-32-40(37-63)22-29-55(50)68)51-33-45(60-65-58(42-11-3-1-4-12-42)64-59(66-60)43-13-5-2-6-14-43)26-30-56(51)67-52-17-9-7-15-46(52)49-31-39(36-62)21-28-54(49)67/h1-34H. The fourth-order valence-corrected chi connectivity index (χ4v) is 9.49. The third-order valence-electron chi connectivity index (χ3n) is 12.7. The van der Waals surface area contributed by atoms with E-state index in [9.17, 15) is 15.8 Å². The van der Waals surface area contributed by atoms with Gasteiger partial charge in [-0.05, 0) is 96.1 Å². The summed E-state index contributed by atoms with van der Waals surface area (Å²) in [5.41, 5.74) is 13.7. The van der Waals surface area contributed by atoms with E-state index in [1.54, 1.807) is 0 Å². The van der Waals surface area contributed by atoms with Gasteiger partial charge in [0.15, 0.2) is 17.5 Å². The molecule has 12 aromatic rings. The van der Waals surface area contributed by atoms with Crippen LogP contribution < -0.4 is 0 Å². The van der Waals surface area contributed by atoms with E-state index in [0.717, 1.165) is 93.9 Å². The van der Waals surface area contributed by atoms with E-state index in [2.05, 4.69) is 88.0 Å². The lowest BCUT2D eigenvalue weighted by Gasteiger charge is -2.21. The number of rotatable bonds is 7. The fraction of sp³-hybridized carbons (Fsp3) is 0. The second-order valence-electron chi connectivity index (χ2n) is 16.6. The first-order valence-corrected chi connectivity index (χ1v) is 22.1. The van der Waals surface area contributed by atoms with Crippen molar-refractivity contribution in [2.24, 2.45) is 0 Å². The molecule has 12 rings (SSSR count). The predicted octanol–water partition coefficient (Wildman–Crippen LogP) is 14.0. The minimum Gasteiger partial charge on any atom is -0.309 e. The molecule has 0 aliphatic rings. The molecule has 0 atom stereocenters. The van der Waals surface area contributed by atoms with Crippen LogP contribution in [0, 0.1) is 34.0 Å². The van der Waals surface area contributed by atoms with Gasteiger partial charge in [-0.3, -0.25) is 0 Å². The summed E-state index contributed by atoms with van der Waals surface area (Å²) in [6.07, 6.45) is 0. The number of nitriles is 3. The van der Waals surface area contributed by atoms with Crippen molar-refractivity contribution < 1.29 is 0 Å². The lowest BCUT2D eigenvalue weighted by Crippen LogP contribution is -2.04. The SMILES string of the molecule is N#Cc1ccc(-c2ccc(-c3cc(-c4nc(-c5ccccc5)nc(-c5ccccc5)n4)ccc3-n3c4ccccc4c4cc(C#N)ccc43)c(-n3c4ccccc4c4cc(C#N)ccc43)c2)cc1. The van der Waals surface area contributed by atoms with Crippen LogP contribution in [0.15, 0.2) is 206 Å². The maximum absolute atomic E-state index is 10.1. The summed E-state index contributed by atoms with van der Waals surface area (Å²) in [6, 6.07) is 75.8. The molecule has 0 radical (unpaired) electrons. The Labute approximate surface area is 390 Å². The zero-order chi connectivity index (χ0) is 45.7. The van der Waals surface area contributed by atoms with Crippen molar-refractivity contribution in [2.45, 2.75) is 0 Å². The number of benzene rings is 9. The molecule has 0 amide bonds. The Hall–Kier alpha value is -9.94. The van der Waals surface area contributed by atoms with Crippen LogP contribution in [0.2, 0.25) is 0 Å². The molecule has 0 bridgehead atoms. The Morgan fingerprint density at radius 1 is 0.294 bits per heavy atom. The fourth-order valence-electron chi connectivity index (χ4n) is 9.49. The molecule has 3 aromatic heterocycles. The number of aromatic nitrogens is 5. The summed E-state index contributed by atoms with van der Waals surface area (Å²) in [5.74, 6) is 1.64. The van der Waals surface area contributed by atoms with Gasteiger partial charge < -0.3 is 9.13 Å². The molecule has 0 spiro atoms. The molecule has 314 valence electrons. The van der Waals surface area contributed by atoms with Gasteiger partial charge in [0.1, 0.15) is 0 Å². The molecule has 0 fully saturated rings. The third kappa shape index (κ3) is 6.63. The summed E-state index contributed by atoms with van der Waals surface area (Å²) >= 11 is 0. The Morgan fingerprint density at radius 2 is 0.735 bits per heavy atom. The van der Waals surface area contributed by atoms with E-state index < -0.39 is 0 Å². The maximum atomic E-state index is 10.1. The number of para-hydroxylation sites is 2. The predicted molar refractivity (Wildman–Crippen MR) is 270 cm³/mol. The minimum absolute atomic E-state index is 0.517. The molecule has 3 heterocycles. The van der Waals surface area contributed by atoms with Gasteiger partial charge in [-0.2, -0.15) is 15.8 Å². The highest BCUT2D eigenvalue weighted by molar-refractivity contribution is 6.12. The highest BCUT2D eigenvalue weighted by Gasteiger charge is 2.23. The van der Waals surface area contributed by atoms with Gasteiger partial charge in [0.25, 0.3) is 0 Å². The first-order valence-electron chi connectivity index (χ1n) is 22.1. The highest BCUT2D eigenvalue weighted by atomic mass is 15.0. The molecule has 0 aliphatic carbocycles. The van der Waals surface area contributed by atoms with Gasteiger partial charge in [0.2, 0.25) is 0 Å². The van der Waals surface area contributed by atoms with Crippen molar-refractivity contribution in [1.82, 2.24) is 24.1 Å². The molecule has 0 aliphatic heterocycles. The van der Waals surface area contributed by atoms with Gasteiger partial charge in [0, 0.05) is 49.4 Å². The van der Waals surface area contributed by atoms with Gasteiger partial charge in [0.05, 0.1) is 68.3 Å². The maximum Gasteiger partial charge on any atom is 0.164 e. The highest BCUT2D eigenvalue weighted by Crippen LogP contribution is 2.44. The molecular weight excluding hydrogens is 833 g/mol. The van der Waals surface area contributed by atoms with Crippen molar-refractivity contribution in [1.29, 1.82) is 15.8 Å². The van der Waals surface area contributed by atoms with Gasteiger partial charge in [-0.25, -0.2) is 15.0 Å². The topological polar surface area (TPSA) is 120 Å². The van der Waals surface area contributed by atoms with Gasteiger partial charge >= 0.3 is 0 Å². The van der Waals surface area contributed by atoms with Crippen LogP contribution >= 0.6 is 0 Å². The summed E-state index contributed by atoms with van der Waals surface area (Å²) < 4.78 is 4.58. The zero-order valence-corrected chi connectivity index (χ0v) is 36.2. The van der Waals surface area contributed by atoms with E-state index in [1.807, 2.05) is 146 Å². The number of fused-ring (bicyclic) bond motifs is 6. The van der Waals surface area contributed by atoms with Gasteiger partial charge in [-0.15, -0.1) is 0 Å². The molecule has 68 heavy (non-hydrogen) atoms. The summed E-state index contributed by atoms with van der Waals surface area (Å²) in [4.78, 5) is 15.3. The quantitative estimate of drug-likeness (QED) is 0.157. The molecule has 0 N–H and O–H groups in total. The Morgan fingerprint density at radius 3 is 1.28 bits per heavy atom.